The summed E-state index contributed by atoms with van der Waals surface area (Å²) in [6.45, 7) is 2.53. The van der Waals surface area contributed by atoms with Gasteiger partial charge in [0.1, 0.15) is 0 Å². The normalized spacial score (nSPS) is 16.4. The molecule has 1 aromatic heterocycles. The van der Waals surface area contributed by atoms with Crippen molar-refractivity contribution in [2.45, 2.75) is 21.4 Å². The monoisotopic (exact) mass is 421 g/mol. The zero-order valence-corrected chi connectivity index (χ0v) is 17.0. The van der Waals surface area contributed by atoms with Gasteiger partial charge < -0.3 is 0 Å². The molecule has 1 amide bonds. The molecular formula is C14H23NO2S2Sn. The molecule has 2 rings (SSSR count). The van der Waals surface area contributed by atoms with E-state index in [1.807, 2.05) is 28.0 Å². The van der Waals surface area contributed by atoms with Crippen molar-refractivity contribution in [1.82, 2.24) is 4.90 Å². The average Bonchev–Trinajstić information content (AvgIpc) is 2.88. The molecular weight excluding hydrogens is 397 g/mol. The molecule has 20 heavy (non-hydrogen) atoms. The molecule has 0 unspecified atom stereocenters. The van der Waals surface area contributed by atoms with Crippen molar-refractivity contribution < 1.29 is 9.53 Å². The van der Waals surface area contributed by atoms with Gasteiger partial charge in [-0.05, 0) is 0 Å². The van der Waals surface area contributed by atoms with Crippen molar-refractivity contribution in [3.8, 4) is 0 Å². The Hall–Kier alpha value is 0.279. The van der Waals surface area contributed by atoms with Crippen LogP contribution in [-0.2, 0) is 16.1 Å². The molecule has 6 heteroatoms. The first-order chi connectivity index (χ1) is 9.47. The molecule has 0 atom stereocenters. The second kappa shape index (κ2) is 7.51. The van der Waals surface area contributed by atoms with Crippen molar-refractivity contribution in [2.24, 2.45) is 0 Å². The van der Waals surface area contributed by atoms with Gasteiger partial charge in [-0.2, -0.15) is 0 Å². The molecule has 0 N–H and O–H groups in total. The molecule has 0 saturated carbocycles. The van der Waals surface area contributed by atoms with Gasteiger partial charge in [0.05, 0.1) is 0 Å². The van der Waals surface area contributed by atoms with Crippen LogP contribution in [0.25, 0.3) is 0 Å². The molecule has 1 saturated heterocycles. The van der Waals surface area contributed by atoms with E-state index in [0.29, 0.717) is 6.61 Å². The second-order valence-electron chi connectivity index (χ2n) is 6.00. The molecule has 0 spiro atoms. The average molecular weight is 420 g/mol. The third-order valence-electron chi connectivity index (χ3n) is 3.23. The van der Waals surface area contributed by atoms with Gasteiger partial charge in [-0.1, -0.05) is 0 Å². The van der Waals surface area contributed by atoms with Crippen LogP contribution < -0.4 is 2.89 Å². The van der Waals surface area contributed by atoms with Crippen LogP contribution in [0.4, 0.5) is 0 Å². The second-order valence-corrected chi connectivity index (χ2v) is 23.8. The van der Waals surface area contributed by atoms with E-state index in [1.165, 1.54) is 4.88 Å². The van der Waals surface area contributed by atoms with Gasteiger partial charge in [0.2, 0.25) is 0 Å². The Bertz CT molecular complexity index is 450. The summed E-state index contributed by atoms with van der Waals surface area (Å²) >= 11 is 1.85. The van der Waals surface area contributed by atoms with E-state index in [-0.39, 0.29) is 12.5 Å². The maximum absolute atomic E-state index is 12.0. The van der Waals surface area contributed by atoms with E-state index in [2.05, 4.69) is 27.0 Å². The van der Waals surface area contributed by atoms with Crippen molar-refractivity contribution in [1.29, 1.82) is 0 Å². The molecule has 1 aromatic rings. The van der Waals surface area contributed by atoms with Crippen LogP contribution in [0.2, 0.25) is 14.8 Å². The Morgan fingerprint density at radius 1 is 1.30 bits per heavy atom. The summed E-state index contributed by atoms with van der Waals surface area (Å²) in [6.07, 6.45) is 0. The van der Waals surface area contributed by atoms with Crippen LogP contribution in [0.5, 0.6) is 0 Å². The van der Waals surface area contributed by atoms with E-state index in [4.69, 9.17) is 4.74 Å². The third-order valence-corrected chi connectivity index (χ3v) is 14.7. The molecule has 1 fully saturated rings. The molecule has 0 radical (unpaired) electrons. The first kappa shape index (κ1) is 16.6. The van der Waals surface area contributed by atoms with Crippen LogP contribution in [0.15, 0.2) is 12.1 Å². The standard InChI is InChI=1S/C11H14NO2S2.3CH3.Sn/c13-11(12-3-6-15-7-4-12)9-14-8-10-2-1-5-16-10;;;;/h1-2H,3-4,6-9H2;3*1H3;. The zero-order valence-electron chi connectivity index (χ0n) is 12.5. The Kier molecular flexibility index (Phi) is 6.25. The van der Waals surface area contributed by atoms with Gasteiger partial charge in [-0.3, -0.25) is 0 Å². The van der Waals surface area contributed by atoms with E-state index in [9.17, 15) is 4.79 Å². The Balaban J connectivity index is 1.75. The van der Waals surface area contributed by atoms with E-state index < -0.39 is 18.4 Å². The Labute approximate surface area is 133 Å². The van der Waals surface area contributed by atoms with E-state index in [0.717, 1.165) is 24.6 Å². The summed E-state index contributed by atoms with van der Waals surface area (Å²) in [6, 6.07) is 4.41. The Morgan fingerprint density at radius 2 is 2.00 bits per heavy atom. The molecule has 0 aromatic carbocycles. The number of nitrogens with zero attached hydrogens (tertiary/aromatic N) is 1. The van der Waals surface area contributed by atoms with Gasteiger partial charge >= 0.3 is 134 Å². The molecule has 1 aliphatic heterocycles. The van der Waals surface area contributed by atoms with Crippen LogP contribution in [0.3, 0.4) is 0 Å². The van der Waals surface area contributed by atoms with Crippen molar-refractivity contribution >= 4 is 50.3 Å². The third kappa shape index (κ3) is 4.93. The fourth-order valence-corrected chi connectivity index (χ4v) is 9.32. The topological polar surface area (TPSA) is 29.5 Å². The predicted octanol–water partition coefficient (Wildman–Crippen LogP) is 2.39. The fourth-order valence-electron chi connectivity index (χ4n) is 2.00. The van der Waals surface area contributed by atoms with Crippen LogP contribution >= 0.6 is 23.1 Å². The molecule has 1 aliphatic rings. The van der Waals surface area contributed by atoms with Crippen molar-refractivity contribution in [3.05, 3.63) is 17.0 Å². The number of amides is 1. The number of hydrogen-bond acceptors (Lipinski definition) is 4. The summed E-state index contributed by atoms with van der Waals surface area (Å²) in [7, 11) is 0. The van der Waals surface area contributed by atoms with Gasteiger partial charge in [0.15, 0.2) is 0 Å². The number of thiophene rings is 1. The Morgan fingerprint density at radius 3 is 2.60 bits per heavy atom. The van der Waals surface area contributed by atoms with Crippen molar-refractivity contribution in [3.63, 3.8) is 0 Å². The molecule has 112 valence electrons. The number of thioether (sulfide) groups is 1. The zero-order chi connectivity index (χ0) is 14.6. The van der Waals surface area contributed by atoms with Gasteiger partial charge in [-0.25, -0.2) is 0 Å². The SMILES string of the molecule is [CH3][Sn]([CH3])([CH3])[c]1ccc(COCC(=O)N2CCSCC2)s1. The van der Waals surface area contributed by atoms with Crippen molar-refractivity contribution in [2.75, 3.05) is 31.2 Å². The summed E-state index contributed by atoms with van der Waals surface area (Å²) < 4.78 is 7.16. The minimum absolute atomic E-state index is 0.136. The molecule has 2 heterocycles. The van der Waals surface area contributed by atoms with E-state index in [1.54, 1.807) is 2.89 Å². The van der Waals surface area contributed by atoms with Crippen LogP contribution in [0.1, 0.15) is 4.88 Å². The summed E-state index contributed by atoms with van der Waals surface area (Å²) in [4.78, 5) is 22.4. The number of rotatable bonds is 5. The fraction of sp³-hybridized carbons (Fsp3) is 0.643. The number of carbonyl (C=O) groups excluding carboxylic acids is 1. The molecule has 0 bridgehead atoms. The van der Waals surface area contributed by atoms with Gasteiger partial charge in [0.25, 0.3) is 0 Å². The first-order valence-electron chi connectivity index (χ1n) is 6.99. The van der Waals surface area contributed by atoms with Crippen LogP contribution in [0, 0.1) is 0 Å². The van der Waals surface area contributed by atoms with Crippen LogP contribution in [-0.4, -0.2) is 60.4 Å². The van der Waals surface area contributed by atoms with E-state index >= 15 is 0 Å². The predicted molar refractivity (Wildman–Crippen MR) is 90.9 cm³/mol. The summed E-state index contributed by atoms with van der Waals surface area (Å²) in [5.41, 5.74) is 0. The number of ether oxygens (including phenoxy) is 1. The van der Waals surface area contributed by atoms with Gasteiger partial charge in [-0.15, -0.1) is 0 Å². The molecule has 0 aliphatic carbocycles. The summed E-state index contributed by atoms with van der Waals surface area (Å²) in [5.74, 6) is 2.24. The quantitative estimate of drug-likeness (QED) is 0.686. The maximum atomic E-state index is 12.0. The number of carbonyl (C=O) groups is 1. The number of hydrogen-bond donors (Lipinski definition) is 0. The minimum atomic E-state index is -1.93. The van der Waals surface area contributed by atoms with Gasteiger partial charge in [0, 0.05) is 0 Å². The molecule has 3 nitrogen and oxygen atoms in total. The summed E-state index contributed by atoms with van der Waals surface area (Å²) in [5, 5.41) is 0. The first-order valence-corrected chi connectivity index (χ1v) is 19.0.